The molecular formula is C3H5BN2. The Balaban J connectivity index is 2.38. The molecule has 0 aromatic heterocycles. The van der Waals surface area contributed by atoms with Crippen LogP contribution >= 0.6 is 0 Å². The van der Waals surface area contributed by atoms with Crippen molar-refractivity contribution >= 4 is 14.2 Å². The molecule has 0 spiro atoms. The Morgan fingerprint density at radius 3 is 2.83 bits per heavy atom. The zero-order chi connectivity index (χ0) is 4.41. The molecule has 1 heterocycles. The molecule has 0 amide bonds. The van der Waals surface area contributed by atoms with Gasteiger partial charge in [0.25, 0.3) is 7.98 Å². The molecule has 0 saturated heterocycles. The summed E-state index contributed by atoms with van der Waals surface area (Å²) in [6.07, 6.45) is 2.80. The van der Waals surface area contributed by atoms with Crippen LogP contribution < -0.4 is 0 Å². The number of hydrazone groups is 1. The van der Waals surface area contributed by atoms with Crippen LogP contribution in [0.3, 0.4) is 0 Å². The average molecular weight is 79.9 g/mol. The second-order valence-corrected chi connectivity index (χ2v) is 1.25. The highest BCUT2D eigenvalue weighted by atomic mass is 15.4. The Hall–Kier alpha value is -0.465. The van der Waals surface area contributed by atoms with Crippen molar-refractivity contribution in [3.63, 3.8) is 0 Å². The molecule has 2 radical (unpaired) electrons. The van der Waals surface area contributed by atoms with E-state index in [1.165, 1.54) is 4.92 Å². The van der Waals surface area contributed by atoms with Gasteiger partial charge in [0.05, 0.1) is 0 Å². The van der Waals surface area contributed by atoms with Gasteiger partial charge in [-0.25, -0.2) is 5.10 Å². The summed E-state index contributed by atoms with van der Waals surface area (Å²) in [4.78, 5) is 1.43. The summed E-state index contributed by atoms with van der Waals surface area (Å²) in [5.41, 5.74) is 0. The van der Waals surface area contributed by atoms with Crippen LogP contribution in [0.4, 0.5) is 0 Å². The summed E-state index contributed by atoms with van der Waals surface area (Å²) in [6, 6.07) is 0. The summed E-state index contributed by atoms with van der Waals surface area (Å²) >= 11 is 0. The molecule has 1 rings (SSSR count). The van der Waals surface area contributed by atoms with E-state index in [0.717, 1.165) is 13.0 Å². The van der Waals surface area contributed by atoms with E-state index in [9.17, 15) is 0 Å². The first kappa shape index (κ1) is 3.72. The summed E-state index contributed by atoms with van der Waals surface area (Å²) < 4.78 is 0. The predicted octanol–water partition coefficient (Wildman–Crippen LogP) is -0.239. The zero-order valence-corrected chi connectivity index (χ0v) is 3.46. The van der Waals surface area contributed by atoms with Gasteiger partial charge >= 0.3 is 0 Å². The molecule has 2 nitrogen and oxygen atoms in total. The number of rotatable bonds is 0. The van der Waals surface area contributed by atoms with Crippen molar-refractivity contribution in [3.05, 3.63) is 0 Å². The maximum atomic E-state index is 5.17. The van der Waals surface area contributed by atoms with Gasteiger partial charge in [0.15, 0.2) is 0 Å². The van der Waals surface area contributed by atoms with E-state index in [0.29, 0.717) is 0 Å². The number of hydrogen-bond donors (Lipinski definition) is 0. The Morgan fingerprint density at radius 1 is 1.83 bits per heavy atom. The van der Waals surface area contributed by atoms with Crippen molar-refractivity contribution in [1.29, 1.82) is 0 Å². The fourth-order valence-electron chi connectivity index (χ4n) is 0.410. The quantitative estimate of drug-likeness (QED) is 0.366. The van der Waals surface area contributed by atoms with E-state index in [2.05, 4.69) is 5.10 Å². The molecule has 0 unspecified atom stereocenters. The van der Waals surface area contributed by atoms with Gasteiger partial charge in [-0.05, 0) is 0 Å². The van der Waals surface area contributed by atoms with Gasteiger partial charge in [-0.3, -0.25) is 0 Å². The van der Waals surface area contributed by atoms with E-state index in [1.807, 2.05) is 0 Å². The van der Waals surface area contributed by atoms with Crippen molar-refractivity contribution in [2.24, 2.45) is 5.10 Å². The Bertz CT molecular complexity index is 71.2. The topological polar surface area (TPSA) is 15.6 Å². The lowest BCUT2D eigenvalue weighted by Gasteiger charge is -2.01. The first-order valence-corrected chi connectivity index (χ1v) is 1.94. The van der Waals surface area contributed by atoms with E-state index >= 15 is 0 Å². The van der Waals surface area contributed by atoms with Crippen LogP contribution in [0.5, 0.6) is 0 Å². The SMILES string of the molecule is [B]N1CCC=N1. The highest BCUT2D eigenvalue weighted by Crippen LogP contribution is 1.90. The molecule has 3 heteroatoms. The molecule has 0 aromatic carbocycles. The minimum Gasteiger partial charge on any atom is -0.353 e. The van der Waals surface area contributed by atoms with Crippen molar-refractivity contribution < 1.29 is 0 Å². The molecule has 1 aliphatic heterocycles. The monoisotopic (exact) mass is 80.1 g/mol. The van der Waals surface area contributed by atoms with E-state index in [-0.39, 0.29) is 0 Å². The van der Waals surface area contributed by atoms with Gasteiger partial charge in [-0.1, -0.05) is 0 Å². The summed E-state index contributed by atoms with van der Waals surface area (Å²) in [5, 5.41) is 3.72. The average Bonchev–Trinajstić information content (AvgIpc) is 1.86. The van der Waals surface area contributed by atoms with Crippen LogP contribution in [0.15, 0.2) is 5.10 Å². The lowest BCUT2D eigenvalue weighted by molar-refractivity contribution is 0.534. The van der Waals surface area contributed by atoms with E-state index in [4.69, 9.17) is 7.98 Å². The van der Waals surface area contributed by atoms with E-state index in [1.54, 1.807) is 6.21 Å². The standard InChI is InChI=1S/C3H5BN2/c4-6-3-1-2-5-6/h2H,1,3H2. The fraction of sp³-hybridized carbons (Fsp3) is 0.667. The van der Waals surface area contributed by atoms with Crippen LogP contribution in [0, 0.1) is 0 Å². The summed E-state index contributed by atoms with van der Waals surface area (Å²) in [7, 11) is 5.17. The van der Waals surface area contributed by atoms with Gasteiger partial charge < -0.3 is 4.92 Å². The van der Waals surface area contributed by atoms with Gasteiger partial charge in [0.1, 0.15) is 0 Å². The second kappa shape index (κ2) is 1.33. The van der Waals surface area contributed by atoms with Gasteiger partial charge in [0.2, 0.25) is 0 Å². The van der Waals surface area contributed by atoms with Crippen molar-refractivity contribution in [1.82, 2.24) is 4.92 Å². The maximum absolute atomic E-state index is 5.17. The van der Waals surface area contributed by atoms with Gasteiger partial charge in [-0.15, -0.1) is 0 Å². The third-order valence-corrected chi connectivity index (χ3v) is 0.717. The molecule has 0 atom stereocenters. The van der Waals surface area contributed by atoms with Crippen LogP contribution in [0.1, 0.15) is 6.42 Å². The molecule has 1 aliphatic rings. The molecular weight excluding hydrogens is 74.9 g/mol. The lowest BCUT2D eigenvalue weighted by atomic mass is 10.4. The highest BCUT2D eigenvalue weighted by molar-refractivity contribution is 6.04. The van der Waals surface area contributed by atoms with E-state index < -0.39 is 0 Å². The van der Waals surface area contributed by atoms with Gasteiger partial charge in [-0.2, -0.15) is 0 Å². The Labute approximate surface area is 38.3 Å². The largest absolute Gasteiger partial charge is 0.353 e. The minimum atomic E-state index is 0.875. The second-order valence-electron chi connectivity index (χ2n) is 1.25. The highest BCUT2D eigenvalue weighted by Gasteiger charge is 1.94. The predicted molar refractivity (Wildman–Crippen MR) is 25.6 cm³/mol. The molecule has 0 N–H and O–H groups in total. The molecule has 0 aliphatic carbocycles. The first-order valence-electron chi connectivity index (χ1n) is 1.94. The molecule has 0 fully saturated rings. The van der Waals surface area contributed by atoms with Crippen molar-refractivity contribution in [2.45, 2.75) is 6.42 Å². The minimum absolute atomic E-state index is 0.875. The van der Waals surface area contributed by atoms with Crippen molar-refractivity contribution in [3.8, 4) is 0 Å². The van der Waals surface area contributed by atoms with Crippen molar-refractivity contribution in [2.75, 3.05) is 6.54 Å². The third kappa shape index (κ3) is 0.532. The molecule has 0 saturated carbocycles. The summed E-state index contributed by atoms with van der Waals surface area (Å²) in [5.74, 6) is 0. The fourth-order valence-corrected chi connectivity index (χ4v) is 0.410. The first-order chi connectivity index (χ1) is 2.89. The molecule has 30 valence electrons. The molecule has 6 heavy (non-hydrogen) atoms. The Morgan fingerprint density at radius 2 is 2.67 bits per heavy atom. The Kier molecular flexibility index (Phi) is 0.822. The zero-order valence-electron chi connectivity index (χ0n) is 3.46. The smallest absolute Gasteiger partial charge is 0.256 e. The summed E-state index contributed by atoms with van der Waals surface area (Å²) in [6.45, 7) is 0.875. The number of nitrogens with zero attached hydrogens (tertiary/aromatic N) is 2. The van der Waals surface area contributed by atoms with Crippen LogP contribution in [-0.2, 0) is 0 Å². The molecule has 0 aromatic rings. The van der Waals surface area contributed by atoms with Crippen LogP contribution in [0.25, 0.3) is 0 Å². The molecule has 0 bridgehead atoms. The van der Waals surface area contributed by atoms with Crippen LogP contribution in [0.2, 0.25) is 0 Å². The maximum Gasteiger partial charge on any atom is 0.256 e. The third-order valence-electron chi connectivity index (χ3n) is 0.717. The lowest BCUT2D eigenvalue weighted by Crippen LogP contribution is -2.07. The van der Waals surface area contributed by atoms with Gasteiger partial charge in [0, 0.05) is 19.2 Å². The normalized spacial score (nSPS) is 19.7. The number of hydrogen-bond acceptors (Lipinski definition) is 2. The van der Waals surface area contributed by atoms with Crippen LogP contribution in [-0.4, -0.2) is 25.7 Å².